The molecule has 0 spiro atoms. The predicted octanol–water partition coefficient (Wildman–Crippen LogP) is 1.28. The fourth-order valence-electron chi connectivity index (χ4n) is 0.616. The SMILES string of the molecule is [O-][n+]1[c]c(C(F)(F)F)cc(F)c1. The van der Waals surface area contributed by atoms with E-state index in [1.807, 2.05) is 0 Å². The van der Waals surface area contributed by atoms with Crippen LogP contribution in [0.4, 0.5) is 17.6 Å². The van der Waals surface area contributed by atoms with Gasteiger partial charge in [-0.15, -0.1) is 0 Å². The molecule has 0 aliphatic heterocycles. The number of hydrogen-bond donors (Lipinski definition) is 0. The zero-order valence-electron chi connectivity index (χ0n) is 5.52. The summed E-state index contributed by atoms with van der Waals surface area (Å²) in [6.07, 6.45) is -3.00. The number of rotatable bonds is 0. The quantitative estimate of drug-likeness (QED) is 0.335. The van der Waals surface area contributed by atoms with Crippen LogP contribution in [0.25, 0.3) is 0 Å². The third kappa shape index (κ3) is 1.84. The Morgan fingerprint density at radius 3 is 2.42 bits per heavy atom. The van der Waals surface area contributed by atoms with Gasteiger partial charge in [-0.2, -0.15) is 17.9 Å². The minimum atomic E-state index is -4.74. The summed E-state index contributed by atoms with van der Waals surface area (Å²) in [6.45, 7) is 0. The molecule has 1 aromatic rings. The van der Waals surface area contributed by atoms with Crippen LogP contribution >= 0.6 is 0 Å². The minimum absolute atomic E-state index is 0.203. The number of alkyl halides is 3. The number of aromatic nitrogens is 1. The molecule has 65 valence electrons. The molecule has 0 aliphatic carbocycles. The lowest BCUT2D eigenvalue weighted by Crippen LogP contribution is -2.28. The van der Waals surface area contributed by atoms with Crippen molar-refractivity contribution in [3.63, 3.8) is 0 Å². The average molecular weight is 180 g/mol. The standard InChI is InChI=1S/C6H2F4NO/c7-5-1-4(6(8,9)10)2-11(12)3-5/h1,3H. The van der Waals surface area contributed by atoms with Gasteiger partial charge in [0.15, 0.2) is 5.82 Å². The van der Waals surface area contributed by atoms with Crippen LogP contribution in [-0.4, -0.2) is 0 Å². The molecule has 2 nitrogen and oxygen atoms in total. The van der Waals surface area contributed by atoms with Crippen LogP contribution in [0, 0.1) is 17.2 Å². The summed E-state index contributed by atoms with van der Waals surface area (Å²) in [4.78, 5) is 0. The Hall–Kier alpha value is -1.33. The van der Waals surface area contributed by atoms with Crippen molar-refractivity contribution < 1.29 is 22.3 Å². The zero-order valence-corrected chi connectivity index (χ0v) is 5.52. The highest BCUT2D eigenvalue weighted by molar-refractivity contribution is 5.09. The van der Waals surface area contributed by atoms with E-state index in [9.17, 15) is 22.8 Å². The molecule has 6 heteroatoms. The molecule has 0 amide bonds. The Morgan fingerprint density at radius 1 is 1.42 bits per heavy atom. The van der Waals surface area contributed by atoms with Crippen molar-refractivity contribution in [1.82, 2.24) is 0 Å². The molecule has 1 aromatic heterocycles. The Bertz CT molecular complexity index is 276. The number of halogens is 4. The van der Waals surface area contributed by atoms with Crippen LogP contribution < -0.4 is 4.73 Å². The third-order valence-corrected chi connectivity index (χ3v) is 1.06. The van der Waals surface area contributed by atoms with E-state index >= 15 is 0 Å². The summed E-state index contributed by atoms with van der Waals surface area (Å²) < 4.78 is 47.3. The summed E-state index contributed by atoms with van der Waals surface area (Å²) in [6, 6.07) is 0.203. The van der Waals surface area contributed by atoms with Crippen molar-refractivity contribution >= 4 is 0 Å². The molecular formula is C6H2F4NO. The van der Waals surface area contributed by atoms with Crippen LogP contribution in [-0.2, 0) is 6.18 Å². The van der Waals surface area contributed by atoms with Crippen molar-refractivity contribution in [2.45, 2.75) is 6.18 Å². The molecule has 0 aliphatic rings. The summed E-state index contributed by atoms with van der Waals surface area (Å²) in [7, 11) is 0. The Labute approximate surface area is 64.6 Å². The number of nitrogens with zero attached hydrogens (tertiary/aromatic N) is 1. The van der Waals surface area contributed by atoms with Gasteiger partial charge in [0.25, 0.3) is 0 Å². The first-order valence-corrected chi connectivity index (χ1v) is 2.79. The van der Waals surface area contributed by atoms with Crippen LogP contribution in [0.5, 0.6) is 0 Å². The van der Waals surface area contributed by atoms with Gasteiger partial charge in [-0.25, -0.2) is 4.39 Å². The average Bonchev–Trinajstić information content (AvgIpc) is 1.82. The Balaban J connectivity index is 3.18. The minimum Gasteiger partial charge on any atom is -0.618 e. The van der Waals surface area contributed by atoms with Gasteiger partial charge in [0.2, 0.25) is 6.20 Å². The third-order valence-electron chi connectivity index (χ3n) is 1.06. The topological polar surface area (TPSA) is 26.9 Å². The van der Waals surface area contributed by atoms with Crippen LogP contribution in [0.15, 0.2) is 12.3 Å². The van der Waals surface area contributed by atoms with Gasteiger partial charge < -0.3 is 5.21 Å². The van der Waals surface area contributed by atoms with Crippen molar-refractivity contribution in [3.8, 4) is 0 Å². The molecule has 1 heterocycles. The van der Waals surface area contributed by atoms with Crippen LogP contribution in [0.1, 0.15) is 5.56 Å². The van der Waals surface area contributed by atoms with E-state index in [1.54, 1.807) is 0 Å². The van der Waals surface area contributed by atoms with Gasteiger partial charge in [-0.3, -0.25) is 0 Å². The largest absolute Gasteiger partial charge is 0.618 e. The van der Waals surface area contributed by atoms with Crippen molar-refractivity contribution in [1.29, 1.82) is 0 Å². The molecule has 0 aromatic carbocycles. The molecule has 0 N–H and O–H groups in total. The fourth-order valence-corrected chi connectivity index (χ4v) is 0.616. The highest BCUT2D eigenvalue weighted by Gasteiger charge is 2.34. The molecule has 0 fully saturated rings. The Morgan fingerprint density at radius 2 is 2.00 bits per heavy atom. The van der Waals surface area contributed by atoms with E-state index in [0.717, 1.165) is 0 Å². The van der Waals surface area contributed by atoms with E-state index in [0.29, 0.717) is 6.20 Å². The summed E-state index contributed by atoms with van der Waals surface area (Å²) in [5, 5.41) is 10.3. The first kappa shape index (κ1) is 8.76. The maximum Gasteiger partial charge on any atom is 0.423 e. The summed E-state index contributed by atoms with van der Waals surface area (Å²) in [5.41, 5.74) is -1.42. The van der Waals surface area contributed by atoms with E-state index in [1.165, 1.54) is 6.20 Å². The second-order valence-electron chi connectivity index (χ2n) is 2.01. The van der Waals surface area contributed by atoms with Gasteiger partial charge in [0, 0.05) is 0 Å². The molecule has 1 rings (SSSR count). The molecule has 0 saturated heterocycles. The highest BCUT2D eigenvalue weighted by atomic mass is 19.4. The summed E-state index contributed by atoms with van der Waals surface area (Å²) >= 11 is 0. The maximum atomic E-state index is 12.2. The summed E-state index contributed by atoms with van der Waals surface area (Å²) in [5.74, 6) is -1.24. The molecule has 0 saturated carbocycles. The molecule has 0 unspecified atom stereocenters. The van der Waals surface area contributed by atoms with E-state index in [2.05, 4.69) is 0 Å². The van der Waals surface area contributed by atoms with Gasteiger partial charge in [0.05, 0.1) is 0 Å². The zero-order chi connectivity index (χ0) is 9.35. The van der Waals surface area contributed by atoms with E-state index < -0.39 is 17.6 Å². The second kappa shape index (κ2) is 2.62. The van der Waals surface area contributed by atoms with E-state index in [-0.39, 0.29) is 10.8 Å². The van der Waals surface area contributed by atoms with Crippen molar-refractivity contribution in [2.75, 3.05) is 0 Å². The van der Waals surface area contributed by atoms with Crippen molar-refractivity contribution in [2.24, 2.45) is 0 Å². The normalized spacial score (nSPS) is 11.7. The van der Waals surface area contributed by atoms with Gasteiger partial charge in [-0.1, -0.05) is 0 Å². The van der Waals surface area contributed by atoms with Crippen molar-refractivity contribution in [3.05, 3.63) is 35.0 Å². The smallest absolute Gasteiger partial charge is 0.423 e. The second-order valence-corrected chi connectivity index (χ2v) is 2.01. The lowest BCUT2D eigenvalue weighted by atomic mass is 10.3. The van der Waals surface area contributed by atoms with Gasteiger partial charge in [0.1, 0.15) is 5.56 Å². The molecular weight excluding hydrogens is 178 g/mol. The monoisotopic (exact) mass is 180 g/mol. The molecule has 0 bridgehead atoms. The van der Waals surface area contributed by atoms with Gasteiger partial charge >= 0.3 is 12.4 Å². The number of hydrogen-bond acceptors (Lipinski definition) is 1. The molecule has 0 atom stereocenters. The van der Waals surface area contributed by atoms with Crippen LogP contribution in [0.3, 0.4) is 0 Å². The van der Waals surface area contributed by atoms with Crippen LogP contribution in [0.2, 0.25) is 0 Å². The molecule has 12 heavy (non-hydrogen) atoms. The Kier molecular flexibility index (Phi) is 1.91. The highest BCUT2D eigenvalue weighted by Crippen LogP contribution is 2.27. The molecule has 1 radical (unpaired) electrons. The first-order valence-electron chi connectivity index (χ1n) is 2.79. The van der Waals surface area contributed by atoms with Gasteiger partial charge in [-0.05, 0) is 6.07 Å². The first-order chi connectivity index (χ1) is 5.39. The maximum absolute atomic E-state index is 12.2. The predicted molar refractivity (Wildman–Crippen MR) is 29.2 cm³/mol. The lowest BCUT2D eigenvalue weighted by Gasteiger charge is -2.03. The number of pyridine rings is 1. The lowest BCUT2D eigenvalue weighted by molar-refractivity contribution is -0.612. The van der Waals surface area contributed by atoms with E-state index in [4.69, 9.17) is 0 Å². The fraction of sp³-hybridized carbons (Fsp3) is 0.167.